The Hall–Kier alpha value is -2.66. The number of nitrogens with one attached hydrogen (secondary N) is 3. The van der Waals surface area contributed by atoms with E-state index in [2.05, 4.69) is 20.3 Å². The van der Waals surface area contributed by atoms with Crippen LogP contribution >= 0.6 is 0 Å². The average Bonchev–Trinajstić information content (AvgIpc) is 2.73. The summed E-state index contributed by atoms with van der Waals surface area (Å²) < 4.78 is 65.8. The number of carbonyl (C=O) groups excluding carboxylic acids is 1. The van der Waals surface area contributed by atoms with Crippen molar-refractivity contribution in [2.45, 2.75) is 49.3 Å². The first kappa shape index (κ1) is 23.0. The lowest BCUT2D eigenvalue weighted by atomic mass is 9.86. The quantitative estimate of drug-likeness (QED) is 0.616. The highest BCUT2D eigenvalue weighted by Gasteiger charge is 2.41. The first-order valence-electron chi connectivity index (χ1n) is 9.76. The lowest BCUT2D eigenvalue weighted by molar-refractivity contribution is -0.182. The van der Waals surface area contributed by atoms with Gasteiger partial charge in [0.15, 0.2) is 0 Å². The number of halogens is 3. The maximum absolute atomic E-state index is 12.8. The normalized spacial score (nSPS) is 19.6. The fourth-order valence-corrected chi connectivity index (χ4v) is 4.71. The molecule has 1 aliphatic carbocycles. The van der Waals surface area contributed by atoms with E-state index in [1.807, 2.05) is 6.07 Å². The fraction of sp³-hybridized carbons (Fsp3) is 0.400. The molecule has 1 aromatic carbocycles. The van der Waals surface area contributed by atoms with Gasteiger partial charge in [-0.2, -0.15) is 13.2 Å². The van der Waals surface area contributed by atoms with Crippen LogP contribution in [-0.2, 0) is 16.6 Å². The zero-order valence-corrected chi connectivity index (χ0v) is 17.3. The lowest BCUT2D eigenvalue weighted by Gasteiger charge is -2.30. The summed E-state index contributed by atoms with van der Waals surface area (Å²) in [7, 11) is -3.87. The Bertz CT molecular complexity index is 975. The Balaban J connectivity index is 1.51. The lowest BCUT2D eigenvalue weighted by Crippen LogP contribution is -2.39. The number of hydrogen-bond donors (Lipinski definition) is 3. The average molecular weight is 456 g/mol. The summed E-state index contributed by atoms with van der Waals surface area (Å²) >= 11 is 0. The van der Waals surface area contributed by atoms with Gasteiger partial charge in [-0.3, -0.25) is 4.98 Å². The van der Waals surface area contributed by atoms with Crippen LogP contribution in [0.1, 0.15) is 31.2 Å². The van der Waals surface area contributed by atoms with Gasteiger partial charge >= 0.3 is 12.2 Å². The molecule has 0 aliphatic heterocycles. The van der Waals surface area contributed by atoms with Crippen LogP contribution in [0.5, 0.6) is 0 Å². The number of aromatic nitrogens is 1. The summed E-state index contributed by atoms with van der Waals surface area (Å²) in [5.41, 5.74) is 1.22. The SMILES string of the molecule is O=C(NCc1cccnc1)Nc1ccc(S(=O)(=O)NC2CCC(C(F)(F)F)CC2)cc1. The Morgan fingerprint density at radius 2 is 1.74 bits per heavy atom. The van der Waals surface area contributed by atoms with Crippen LogP contribution in [0.25, 0.3) is 0 Å². The summed E-state index contributed by atoms with van der Waals surface area (Å²) in [4.78, 5) is 15.9. The maximum atomic E-state index is 12.8. The Kier molecular flexibility index (Phi) is 7.16. The number of alkyl halides is 3. The van der Waals surface area contributed by atoms with Crippen molar-refractivity contribution in [3.05, 3.63) is 54.4 Å². The first-order chi connectivity index (χ1) is 14.6. The van der Waals surface area contributed by atoms with Gasteiger partial charge in [0.2, 0.25) is 10.0 Å². The Labute approximate surface area is 178 Å². The second-order valence-electron chi connectivity index (χ2n) is 7.40. The molecule has 0 saturated heterocycles. The summed E-state index contributed by atoms with van der Waals surface area (Å²) in [5.74, 6) is -1.37. The van der Waals surface area contributed by atoms with Gasteiger partial charge in [0.1, 0.15) is 0 Å². The highest BCUT2D eigenvalue weighted by atomic mass is 32.2. The van der Waals surface area contributed by atoms with Gasteiger partial charge in [0, 0.05) is 30.7 Å². The van der Waals surface area contributed by atoms with E-state index in [9.17, 15) is 26.4 Å². The van der Waals surface area contributed by atoms with Crippen molar-refractivity contribution in [1.29, 1.82) is 0 Å². The highest BCUT2D eigenvalue weighted by molar-refractivity contribution is 7.89. The van der Waals surface area contributed by atoms with Crippen molar-refractivity contribution in [2.24, 2.45) is 5.92 Å². The molecule has 3 rings (SSSR count). The van der Waals surface area contributed by atoms with Crippen LogP contribution in [0.4, 0.5) is 23.7 Å². The number of hydrogen-bond acceptors (Lipinski definition) is 4. The number of amides is 2. The summed E-state index contributed by atoms with van der Waals surface area (Å²) in [6.45, 7) is 0.284. The van der Waals surface area contributed by atoms with Gasteiger partial charge < -0.3 is 10.6 Å². The zero-order chi connectivity index (χ0) is 22.5. The molecule has 0 atom stereocenters. The van der Waals surface area contributed by atoms with Crippen molar-refractivity contribution in [3.63, 3.8) is 0 Å². The van der Waals surface area contributed by atoms with Gasteiger partial charge in [-0.05, 0) is 61.6 Å². The first-order valence-corrected chi connectivity index (χ1v) is 11.2. The predicted octanol–water partition coefficient (Wildman–Crippen LogP) is 3.80. The highest BCUT2D eigenvalue weighted by Crippen LogP contribution is 2.37. The van der Waals surface area contributed by atoms with Crippen molar-refractivity contribution in [2.75, 3.05) is 5.32 Å². The number of rotatable bonds is 6. The molecule has 1 aliphatic rings. The van der Waals surface area contributed by atoms with E-state index < -0.39 is 34.2 Å². The van der Waals surface area contributed by atoms with Crippen LogP contribution in [0.3, 0.4) is 0 Å². The van der Waals surface area contributed by atoms with Crippen molar-refractivity contribution in [3.8, 4) is 0 Å². The topological polar surface area (TPSA) is 100 Å². The molecule has 2 amide bonds. The smallest absolute Gasteiger partial charge is 0.334 e. The van der Waals surface area contributed by atoms with Gasteiger partial charge in [-0.25, -0.2) is 17.9 Å². The third-order valence-corrected chi connectivity index (χ3v) is 6.65. The second-order valence-corrected chi connectivity index (χ2v) is 9.12. The third-order valence-electron chi connectivity index (χ3n) is 5.11. The zero-order valence-electron chi connectivity index (χ0n) is 16.5. The fourth-order valence-electron chi connectivity index (χ4n) is 3.40. The number of urea groups is 1. The van der Waals surface area contributed by atoms with Gasteiger partial charge in [0.25, 0.3) is 0 Å². The molecular weight excluding hydrogens is 433 g/mol. The van der Waals surface area contributed by atoms with Crippen LogP contribution in [0.2, 0.25) is 0 Å². The van der Waals surface area contributed by atoms with Crippen LogP contribution < -0.4 is 15.4 Å². The van der Waals surface area contributed by atoms with Gasteiger partial charge in [0.05, 0.1) is 10.8 Å². The molecule has 0 spiro atoms. The maximum Gasteiger partial charge on any atom is 0.391 e. The molecule has 1 heterocycles. The largest absolute Gasteiger partial charge is 0.391 e. The molecule has 31 heavy (non-hydrogen) atoms. The van der Waals surface area contributed by atoms with E-state index in [4.69, 9.17) is 0 Å². The van der Waals surface area contributed by atoms with E-state index in [1.54, 1.807) is 18.5 Å². The number of nitrogens with zero attached hydrogens (tertiary/aromatic N) is 1. The van der Waals surface area contributed by atoms with E-state index in [-0.39, 0.29) is 37.1 Å². The molecule has 1 saturated carbocycles. The molecule has 0 unspecified atom stereocenters. The summed E-state index contributed by atoms with van der Waals surface area (Å²) in [6.07, 6.45) is -0.886. The minimum Gasteiger partial charge on any atom is -0.334 e. The number of pyridine rings is 1. The van der Waals surface area contributed by atoms with E-state index in [1.165, 1.54) is 24.3 Å². The minimum absolute atomic E-state index is 0.0215. The van der Waals surface area contributed by atoms with Crippen molar-refractivity contribution >= 4 is 21.7 Å². The van der Waals surface area contributed by atoms with Crippen LogP contribution in [0, 0.1) is 5.92 Å². The van der Waals surface area contributed by atoms with Crippen LogP contribution in [0.15, 0.2) is 53.7 Å². The second kappa shape index (κ2) is 9.65. The Morgan fingerprint density at radius 3 is 2.32 bits per heavy atom. The number of benzene rings is 1. The molecule has 7 nitrogen and oxygen atoms in total. The molecule has 11 heteroatoms. The number of carbonyl (C=O) groups is 1. The summed E-state index contributed by atoms with van der Waals surface area (Å²) in [5, 5.41) is 5.26. The molecular formula is C20H23F3N4O3S. The number of sulfonamides is 1. The molecule has 0 bridgehead atoms. The Morgan fingerprint density at radius 1 is 1.06 bits per heavy atom. The minimum atomic E-state index is -4.24. The predicted molar refractivity (Wildman–Crippen MR) is 109 cm³/mol. The summed E-state index contributed by atoms with van der Waals surface area (Å²) in [6, 6.07) is 8.14. The van der Waals surface area contributed by atoms with Crippen molar-refractivity contribution in [1.82, 2.24) is 15.0 Å². The van der Waals surface area contributed by atoms with Gasteiger partial charge in [-0.1, -0.05) is 6.07 Å². The number of anilines is 1. The molecule has 168 valence electrons. The standard InChI is InChI=1S/C20H23F3N4O3S/c21-20(22,23)15-3-5-17(6-4-15)27-31(29,30)18-9-7-16(8-10-18)26-19(28)25-13-14-2-1-11-24-12-14/h1-2,7-12,15,17,27H,3-6,13H2,(H2,25,26,28). The van der Waals surface area contributed by atoms with E-state index in [0.29, 0.717) is 5.69 Å². The van der Waals surface area contributed by atoms with E-state index in [0.717, 1.165) is 5.56 Å². The van der Waals surface area contributed by atoms with Crippen molar-refractivity contribution < 1.29 is 26.4 Å². The monoisotopic (exact) mass is 456 g/mol. The molecule has 1 fully saturated rings. The molecule has 0 radical (unpaired) electrons. The van der Waals surface area contributed by atoms with E-state index >= 15 is 0 Å². The van der Waals surface area contributed by atoms with Gasteiger partial charge in [-0.15, -0.1) is 0 Å². The molecule has 3 N–H and O–H groups in total. The van der Waals surface area contributed by atoms with Crippen LogP contribution in [-0.4, -0.2) is 31.7 Å². The molecule has 2 aromatic rings. The molecule has 1 aromatic heterocycles. The third kappa shape index (κ3) is 6.66.